The van der Waals surface area contributed by atoms with Crippen molar-refractivity contribution in [1.29, 1.82) is 0 Å². The van der Waals surface area contributed by atoms with Crippen molar-refractivity contribution in [1.82, 2.24) is 4.90 Å². The van der Waals surface area contributed by atoms with Gasteiger partial charge in [0, 0.05) is 0 Å². The number of hydrogen-bond acceptors (Lipinski definition) is 3. The molecule has 4 nitrogen and oxygen atoms in total. The zero-order valence-electron chi connectivity index (χ0n) is 6.54. The Hall–Kier alpha value is -0.610. The minimum absolute atomic E-state index is 0.155. The number of aliphatic imine (C=N–C) groups is 1. The topological polar surface area (TPSA) is 61.8 Å². The SMILES string of the molecule is CCN(C)CN=C(N)CO. The van der Waals surface area contributed by atoms with Gasteiger partial charge >= 0.3 is 0 Å². The molecule has 0 rings (SSSR count). The minimum atomic E-state index is -0.155. The van der Waals surface area contributed by atoms with Crippen LogP contribution in [0.4, 0.5) is 0 Å². The highest BCUT2D eigenvalue weighted by Gasteiger charge is 1.91. The minimum Gasteiger partial charge on any atom is -0.388 e. The number of rotatable bonds is 4. The van der Waals surface area contributed by atoms with Gasteiger partial charge in [-0.05, 0) is 13.6 Å². The molecule has 10 heavy (non-hydrogen) atoms. The molecule has 0 aliphatic carbocycles. The summed E-state index contributed by atoms with van der Waals surface area (Å²) in [6, 6.07) is 0. The third-order valence-corrected chi connectivity index (χ3v) is 1.22. The average molecular weight is 145 g/mol. The van der Waals surface area contributed by atoms with Crippen molar-refractivity contribution in [3.05, 3.63) is 0 Å². The van der Waals surface area contributed by atoms with Crippen molar-refractivity contribution in [2.24, 2.45) is 10.7 Å². The van der Waals surface area contributed by atoms with Gasteiger partial charge in [0.1, 0.15) is 12.4 Å². The molecule has 0 atom stereocenters. The highest BCUT2D eigenvalue weighted by Crippen LogP contribution is 1.80. The normalized spacial score (nSPS) is 12.6. The smallest absolute Gasteiger partial charge is 0.121 e. The van der Waals surface area contributed by atoms with Gasteiger partial charge in [-0.2, -0.15) is 0 Å². The molecule has 0 bridgehead atoms. The van der Waals surface area contributed by atoms with Gasteiger partial charge in [0.25, 0.3) is 0 Å². The molecule has 4 heteroatoms. The molecule has 0 saturated carbocycles. The molecule has 0 spiro atoms. The van der Waals surface area contributed by atoms with Gasteiger partial charge in [-0.15, -0.1) is 0 Å². The quantitative estimate of drug-likeness (QED) is 0.404. The van der Waals surface area contributed by atoms with Crippen LogP contribution >= 0.6 is 0 Å². The Morgan fingerprint density at radius 3 is 2.70 bits per heavy atom. The Bertz CT molecular complexity index is 114. The van der Waals surface area contributed by atoms with Crippen LogP contribution in [0.1, 0.15) is 6.92 Å². The van der Waals surface area contributed by atoms with E-state index in [1.807, 2.05) is 18.9 Å². The fourth-order valence-corrected chi connectivity index (χ4v) is 0.362. The van der Waals surface area contributed by atoms with Crippen LogP contribution in [0.15, 0.2) is 4.99 Å². The lowest BCUT2D eigenvalue weighted by Crippen LogP contribution is -2.23. The van der Waals surface area contributed by atoms with E-state index in [-0.39, 0.29) is 6.61 Å². The molecule has 3 N–H and O–H groups in total. The lowest BCUT2D eigenvalue weighted by molar-refractivity contribution is 0.346. The molecule has 0 unspecified atom stereocenters. The monoisotopic (exact) mass is 145 g/mol. The number of hydrogen-bond donors (Lipinski definition) is 2. The lowest BCUT2D eigenvalue weighted by Gasteiger charge is -2.09. The van der Waals surface area contributed by atoms with Crippen LogP contribution in [0, 0.1) is 0 Å². The standard InChI is InChI=1S/C6H15N3O/c1-3-9(2)5-8-6(7)4-10/h10H,3-5H2,1-2H3,(H2,7,8). The number of amidine groups is 1. The summed E-state index contributed by atoms with van der Waals surface area (Å²) in [7, 11) is 1.94. The van der Waals surface area contributed by atoms with Crippen LogP contribution in [-0.4, -0.2) is 42.7 Å². The van der Waals surface area contributed by atoms with Crippen LogP contribution in [0.25, 0.3) is 0 Å². The zero-order valence-corrected chi connectivity index (χ0v) is 6.54. The largest absolute Gasteiger partial charge is 0.388 e. The van der Waals surface area contributed by atoms with Crippen molar-refractivity contribution in [2.45, 2.75) is 6.92 Å². The molecule has 0 radical (unpaired) electrons. The average Bonchev–Trinajstić information content (AvgIpc) is 1.99. The first-order valence-electron chi connectivity index (χ1n) is 3.29. The fourth-order valence-electron chi connectivity index (χ4n) is 0.362. The van der Waals surface area contributed by atoms with Gasteiger partial charge in [-0.3, -0.25) is 9.89 Å². The predicted molar refractivity (Wildman–Crippen MR) is 41.9 cm³/mol. The van der Waals surface area contributed by atoms with Gasteiger partial charge in [0.2, 0.25) is 0 Å². The first-order valence-corrected chi connectivity index (χ1v) is 3.29. The highest BCUT2D eigenvalue weighted by molar-refractivity contribution is 5.81. The summed E-state index contributed by atoms with van der Waals surface area (Å²) < 4.78 is 0. The van der Waals surface area contributed by atoms with Gasteiger partial charge in [0.05, 0.1) is 6.67 Å². The molecular formula is C6H15N3O. The Morgan fingerprint density at radius 2 is 2.30 bits per heavy atom. The maximum atomic E-state index is 8.45. The summed E-state index contributed by atoms with van der Waals surface area (Å²) in [5.74, 6) is 0.292. The summed E-state index contributed by atoms with van der Waals surface area (Å²) in [5, 5.41) is 8.45. The Morgan fingerprint density at radius 1 is 1.70 bits per heavy atom. The van der Waals surface area contributed by atoms with Crippen molar-refractivity contribution in [2.75, 3.05) is 26.9 Å². The molecule has 0 aromatic carbocycles. The first-order chi connectivity index (χ1) is 4.70. The van der Waals surface area contributed by atoms with E-state index in [4.69, 9.17) is 10.8 Å². The van der Waals surface area contributed by atoms with Crippen LogP contribution in [-0.2, 0) is 0 Å². The number of aliphatic hydroxyl groups excluding tert-OH is 1. The molecule has 0 aromatic rings. The Labute approximate surface area is 61.4 Å². The lowest BCUT2D eigenvalue weighted by atomic mass is 10.6. The van der Waals surface area contributed by atoms with Crippen molar-refractivity contribution in [3.8, 4) is 0 Å². The van der Waals surface area contributed by atoms with E-state index >= 15 is 0 Å². The second-order valence-electron chi connectivity index (χ2n) is 2.12. The maximum absolute atomic E-state index is 8.45. The van der Waals surface area contributed by atoms with E-state index in [2.05, 4.69) is 4.99 Å². The summed E-state index contributed by atoms with van der Waals surface area (Å²) in [4.78, 5) is 5.87. The molecule has 0 aliphatic heterocycles. The van der Waals surface area contributed by atoms with E-state index < -0.39 is 0 Å². The molecule has 0 saturated heterocycles. The molecule has 0 heterocycles. The second kappa shape index (κ2) is 5.20. The predicted octanol–water partition coefficient (Wildman–Crippen LogP) is -0.755. The molecule has 0 aliphatic rings. The summed E-state index contributed by atoms with van der Waals surface area (Å²) in [6.07, 6.45) is 0. The molecular weight excluding hydrogens is 130 g/mol. The molecule has 60 valence electrons. The van der Waals surface area contributed by atoms with Gasteiger partial charge in [-0.1, -0.05) is 6.92 Å². The fraction of sp³-hybridized carbons (Fsp3) is 0.833. The van der Waals surface area contributed by atoms with Gasteiger partial charge in [-0.25, -0.2) is 0 Å². The Balaban J connectivity index is 3.50. The number of aliphatic hydroxyl groups is 1. The van der Waals surface area contributed by atoms with E-state index in [0.29, 0.717) is 12.5 Å². The third kappa shape index (κ3) is 4.29. The van der Waals surface area contributed by atoms with Crippen LogP contribution in [0.3, 0.4) is 0 Å². The van der Waals surface area contributed by atoms with Crippen molar-refractivity contribution in [3.63, 3.8) is 0 Å². The second-order valence-corrected chi connectivity index (χ2v) is 2.12. The third-order valence-electron chi connectivity index (χ3n) is 1.22. The van der Waals surface area contributed by atoms with E-state index in [9.17, 15) is 0 Å². The number of nitrogens with zero attached hydrogens (tertiary/aromatic N) is 2. The van der Waals surface area contributed by atoms with Crippen LogP contribution in [0.2, 0.25) is 0 Å². The van der Waals surface area contributed by atoms with Crippen LogP contribution < -0.4 is 5.73 Å². The summed E-state index contributed by atoms with van der Waals surface area (Å²) in [6.45, 7) is 3.37. The molecule has 0 fully saturated rings. The zero-order chi connectivity index (χ0) is 7.98. The van der Waals surface area contributed by atoms with Crippen LogP contribution in [0.5, 0.6) is 0 Å². The van der Waals surface area contributed by atoms with Gasteiger partial charge in [0.15, 0.2) is 0 Å². The first kappa shape index (κ1) is 9.39. The Kier molecular flexibility index (Phi) is 4.88. The maximum Gasteiger partial charge on any atom is 0.121 e. The van der Waals surface area contributed by atoms with E-state index in [0.717, 1.165) is 6.54 Å². The summed E-state index contributed by atoms with van der Waals surface area (Å²) in [5.41, 5.74) is 5.25. The number of nitrogens with two attached hydrogens (primary N) is 1. The van der Waals surface area contributed by atoms with E-state index in [1.165, 1.54) is 0 Å². The highest BCUT2D eigenvalue weighted by atomic mass is 16.3. The van der Waals surface area contributed by atoms with Crippen molar-refractivity contribution < 1.29 is 5.11 Å². The van der Waals surface area contributed by atoms with Crippen molar-refractivity contribution >= 4 is 5.84 Å². The summed E-state index contributed by atoms with van der Waals surface area (Å²) >= 11 is 0. The molecule has 0 aromatic heterocycles. The molecule has 0 amide bonds. The van der Waals surface area contributed by atoms with Gasteiger partial charge < -0.3 is 10.8 Å². The van der Waals surface area contributed by atoms with E-state index in [1.54, 1.807) is 0 Å².